The predicted molar refractivity (Wildman–Crippen MR) is 134 cm³/mol. The summed E-state index contributed by atoms with van der Waals surface area (Å²) >= 11 is 0. The molecule has 5 rings (SSSR count). The van der Waals surface area contributed by atoms with E-state index in [1.165, 1.54) is 4.40 Å². The fourth-order valence-electron chi connectivity index (χ4n) is 5.54. The molecule has 0 saturated carbocycles. The molecule has 5 heterocycles. The van der Waals surface area contributed by atoms with Crippen LogP contribution in [-0.4, -0.2) is 75.6 Å². The number of morpholine rings is 1. The van der Waals surface area contributed by atoms with Crippen LogP contribution in [0.3, 0.4) is 0 Å². The van der Waals surface area contributed by atoms with E-state index in [4.69, 9.17) is 15.1 Å². The zero-order chi connectivity index (χ0) is 24.7. The van der Waals surface area contributed by atoms with Gasteiger partial charge < -0.3 is 14.2 Å². The Morgan fingerprint density at radius 2 is 1.86 bits per heavy atom. The fourth-order valence-corrected chi connectivity index (χ4v) is 5.54. The number of ether oxygens (including phenoxy) is 1. The van der Waals surface area contributed by atoms with Gasteiger partial charge >= 0.3 is 0 Å². The van der Waals surface area contributed by atoms with Gasteiger partial charge in [-0.15, -0.1) is 0 Å². The Bertz CT molecular complexity index is 1380. The van der Waals surface area contributed by atoms with Crippen LogP contribution in [0, 0.1) is 24.2 Å². The molecule has 3 aromatic rings. The molecule has 2 aliphatic rings. The van der Waals surface area contributed by atoms with Gasteiger partial charge in [0.05, 0.1) is 24.2 Å². The second kappa shape index (κ2) is 9.54. The van der Waals surface area contributed by atoms with Crippen LogP contribution in [0.4, 0.5) is 0 Å². The van der Waals surface area contributed by atoms with Crippen molar-refractivity contribution in [3.63, 3.8) is 0 Å². The first-order valence-corrected chi connectivity index (χ1v) is 12.5. The lowest BCUT2D eigenvalue weighted by atomic mass is 9.91. The minimum Gasteiger partial charge on any atom is -0.379 e. The maximum absolute atomic E-state index is 13.7. The first kappa shape index (κ1) is 23.7. The lowest BCUT2D eigenvalue weighted by Gasteiger charge is -2.35. The number of nitrogens with zero attached hydrogens (tertiary/aromatic N) is 5. The van der Waals surface area contributed by atoms with Crippen molar-refractivity contribution in [2.45, 2.75) is 33.7 Å². The lowest BCUT2D eigenvalue weighted by Crippen LogP contribution is -2.45. The number of fused-ring (bicyclic) bond motifs is 2. The summed E-state index contributed by atoms with van der Waals surface area (Å²) in [6.07, 6.45) is 2.80. The van der Waals surface area contributed by atoms with Crippen LogP contribution in [0.15, 0.2) is 29.2 Å². The maximum atomic E-state index is 13.7. The molecule has 9 heteroatoms. The summed E-state index contributed by atoms with van der Waals surface area (Å²) < 4.78 is 8.75. The molecule has 0 aromatic carbocycles. The standard InChI is InChI=1S/C26H34N6O3/c1-17-13-18(2)16-30(15-17)25(33)20-14-21-24(28-23-19(3)5-4-6-32(23)26(21)34)31(22(20)27)8-7-29-9-11-35-12-10-29/h4-6,14,17-18,27H,7-13,15-16H2,1-3H3. The van der Waals surface area contributed by atoms with Crippen molar-refractivity contribution in [1.82, 2.24) is 23.8 Å². The second-order valence-electron chi connectivity index (χ2n) is 10.2. The SMILES string of the molecule is Cc1cccn2c(=O)c3cc(C(=O)N4CC(C)CC(C)C4)c(=N)n(CCN4CCOCC4)c3nc12. The Labute approximate surface area is 204 Å². The van der Waals surface area contributed by atoms with E-state index < -0.39 is 0 Å². The predicted octanol–water partition coefficient (Wildman–Crippen LogP) is 1.89. The topological polar surface area (TPSA) is 95.9 Å². The van der Waals surface area contributed by atoms with Crippen LogP contribution in [0.25, 0.3) is 16.7 Å². The molecule has 2 unspecified atom stereocenters. The number of piperidine rings is 1. The molecule has 2 fully saturated rings. The molecule has 0 bridgehead atoms. The number of pyridine rings is 2. The summed E-state index contributed by atoms with van der Waals surface area (Å²) in [6, 6.07) is 5.34. The number of hydrogen-bond acceptors (Lipinski definition) is 6. The quantitative estimate of drug-likeness (QED) is 0.578. The Morgan fingerprint density at radius 1 is 1.14 bits per heavy atom. The van der Waals surface area contributed by atoms with Crippen LogP contribution >= 0.6 is 0 Å². The summed E-state index contributed by atoms with van der Waals surface area (Å²) in [5.74, 6) is 0.638. The van der Waals surface area contributed by atoms with Crippen molar-refractivity contribution in [3.05, 3.63) is 51.4 Å². The van der Waals surface area contributed by atoms with E-state index in [0.717, 1.165) is 25.1 Å². The van der Waals surface area contributed by atoms with Gasteiger partial charge in [0.2, 0.25) is 0 Å². The van der Waals surface area contributed by atoms with Crippen molar-refractivity contribution in [2.75, 3.05) is 45.9 Å². The van der Waals surface area contributed by atoms with E-state index in [9.17, 15) is 9.59 Å². The minimum atomic E-state index is -0.219. The zero-order valence-electron chi connectivity index (χ0n) is 20.8. The summed E-state index contributed by atoms with van der Waals surface area (Å²) in [7, 11) is 0. The van der Waals surface area contributed by atoms with Crippen molar-refractivity contribution in [1.29, 1.82) is 5.41 Å². The Hall–Kier alpha value is -3.04. The molecule has 2 saturated heterocycles. The molecule has 2 atom stereocenters. The third-order valence-electron chi connectivity index (χ3n) is 7.26. The van der Waals surface area contributed by atoms with Gasteiger partial charge in [0.25, 0.3) is 11.5 Å². The molecular formula is C26H34N6O3. The first-order chi connectivity index (χ1) is 16.8. The number of amides is 1. The number of aryl methyl sites for hydroxylation is 1. The highest BCUT2D eigenvalue weighted by Gasteiger charge is 2.28. The normalized spacial score (nSPS) is 21.6. The molecule has 35 heavy (non-hydrogen) atoms. The number of nitrogens with one attached hydrogen (secondary N) is 1. The second-order valence-corrected chi connectivity index (χ2v) is 10.2. The molecule has 1 N–H and O–H groups in total. The highest BCUT2D eigenvalue weighted by Crippen LogP contribution is 2.22. The Balaban J connectivity index is 1.66. The number of hydrogen-bond donors (Lipinski definition) is 1. The average molecular weight is 479 g/mol. The van der Waals surface area contributed by atoms with Crippen LogP contribution in [0.2, 0.25) is 0 Å². The number of carbonyl (C=O) groups is 1. The minimum absolute atomic E-state index is 0.117. The number of aromatic nitrogens is 3. The van der Waals surface area contributed by atoms with E-state index in [1.54, 1.807) is 16.8 Å². The average Bonchev–Trinajstić information content (AvgIpc) is 2.84. The molecule has 0 radical (unpaired) electrons. The summed E-state index contributed by atoms with van der Waals surface area (Å²) in [5, 5.41) is 9.42. The van der Waals surface area contributed by atoms with E-state index in [2.05, 4.69) is 18.7 Å². The molecule has 3 aromatic heterocycles. The monoisotopic (exact) mass is 478 g/mol. The van der Waals surface area contributed by atoms with Crippen LogP contribution in [-0.2, 0) is 11.3 Å². The van der Waals surface area contributed by atoms with Crippen molar-refractivity contribution in [2.24, 2.45) is 11.8 Å². The van der Waals surface area contributed by atoms with Crippen molar-refractivity contribution >= 4 is 22.6 Å². The smallest absolute Gasteiger partial charge is 0.267 e. The molecule has 0 spiro atoms. The van der Waals surface area contributed by atoms with Crippen molar-refractivity contribution < 1.29 is 9.53 Å². The summed E-state index contributed by atoms with van der Waals surface area (Å²) in [5.41, 5.74) is 2.08. The molecule has 0 aliphatic carbocycles. The van der Waals surface area contributed by atoms with E-state index in [1.807, 2.05) is 24.0 Å². The number of rotatable bonds is 4. The van der Waals surface area contributed by atoms with Gasteiger partial charge in [-0.3, -0.25) is 24.3 Å². The van der Waals surface area contributed by atoms with Crippen LogP contribution < -0.4 is 11.0 Å². The van der Waals surface area contributed by atoms with Gasteiger partial charge in [-0.1, -0.05) is 19.9 Å². The lowest BCUT2D eigenvalue weighted by molar-refractivity contribution is 0.0363. The molecule has 1 amide bonds. The zero-order valence-corrected chi connectivity index (χ0v) is 20.8. The summed E-state index contributed by atoms with van der Waals surface area (Å²) in [4.78, 5) is 36.2. The summed E-state index contributed by atoms with van der Waals surface area (Å²) in [6.45, 7) is 11.8. The van der Waals surface area contributed by atoms with Crippen LogP contribution in [0.5, 0.6) is 0 Å². The number of likely N-dealkylation sites (tertiary alicyclic amines) is 1. The van der Waals surface area contributed by atoms with Gasteiger partial charge in [-0.05, 0) is 42.9 Å². The largest absolute Gasteiger partial charge is 0.379 e. The highest BCUT2D eigenvalue weighted by molar-refractivity contribution is 5.97. The van der Waals surface area contributed by atoms with Gasteiger partial charge in [0, 0.05) is 45.5 Å². The highest BCUT2D eigenvalue weighted by atomic mass is 16.5. The van der Waals surface area contributed by atoms with Crippen LogP contribution in [0.1, 0.15) is 36.2 Å². The first-order valence-electron chi connectivity index (χ1n) is 12.5. The maximum Gasteiger partial charge on any atom is 0.267 e. The van der Waals surface area contributed by atoms with E-state index in [0.29, 0.717) is 67.9 Å². The fraction of sp³-hybridized carbons (Fsp3) is 0.538. The molecular weight excluding hydrogens is 444 g/mol. The van der Waals surface area contributed by atoms with Gasteiger partial charge in [-0.2, -0.15) is 0 Å². The Kier molecular flexibility index (Phi) is 6.46. The molecule has 9 nitrogen and oxygen atoms in total. The third-order valence-corrected chi connectivity index (χ3v) is 7.26. The van der Waals surface area contributed by atoms with Crippen molar-refractivity contribution in [3.8, 4) is 0 Å². The number of carbonyl (C=O) groups excluding carboxylic acids is 1. The molecule has 186 valence electrons. The van der Waals surface area contributed by atoms with Gasteiger partial charge in [0.15, 0.2) is 0 Å². The van der Waals surface area contributed by atoms with Gasteiger partial charge in [-0.25, -0.2) is 4.98 Å². The third kappa shape index (κ3) is 4.50. The van der Waals surface area contributed by atoms with E-state index >= 15 is 0 Å². The molecule has 2 aliphatic heterocycles. The Morgan fingerprint density at radius 3 is 2.57 bits per heavy atom. The van der Waals surface area contributed by atoms with Gasteiger partial charge in [0.1, 0.15) is 16.8 Å². The van der Waals surface area contributed by atoms with E-state index in [-0.39, 0.29) is 22.5 Å².